The van der Waals surface area contributed by atoms with Gasteiger partial charge in [0.1, 0.15) is 0 Å². The fourth-order valence-corrected chi connectivity index (χ4v) is 3.36. The summed E-state index contributed by atoms with van der Waals surface area (Å²) in [6.07, 6.45) is 1.68. The average Bonchev–Trinajstić information content (AvgIpc) is 2.52. The molecule has 1 aliphatic carbocycles. The van der Waals surface area contributed by atoms with Gasteiger partial charge in [-0.1, -0.05) is 43.3 Å². The van der Waals surface area contributed by atoms with Gasteiger partial charge in [-0.2, -0.15) is 0 Å². The van der Waals surface area contributed by atoms with Crippen molar-refractivity contribution in [3.05, 3.63) is 65.0 Å². The van der Waals surface area contributed by atoms with E-state index >= 15 is 0 Å². The molecule has 0 aromatic heterocycles. The Kier molecular flexibility index (Phi) is 3.46. The third kappa shape index (κ3) is 2.12. The first-order valence-electron chi connectivity index (χ1n) is 7.29. The molecule has 2 atom stereocenters. The van der Waals surface area contributed by atoms with Crippen LogP contribution in [0.2, 0.25) is 0 Å². The van der Waals surface area contributed by atoms with E-state index in [1.165, 1.54) is 12.7 Å². The van der Waals surface area contributed by atoms with Crippen molar-refractivity contribution in [3.8, 4) is 5.75 Å². The SMILES string of the molecule is COc1cccc(C2(N)CCC(C)c3ccccc32)c1F. The summed E-state index contributed by atoms with van der Waals surface area (Å²) >= 11 is 0. The van der Waals surface area contributed by atoms with Gasteiger partial charge in [0.25, 0.3) is 0 Å². The van der Waals surface area contributed by atoms with Crippen LogP contribution in [0.5, 0.6) is 5.75 Å². The third-order valence-corrected chi connectivity index (χ3v) is 4.61. The molecule has 2 aromatic carbocycles. The first-order valence-corrected chi connectivity index (χ1v) is 7.29. The van der Waals surface area contributed by atoms with Gasteiger partial charge in [0.15, 0.2) is 11.6 Å². The topological polar surface area (TPSA) is 35.2 Å². The van der Waals surface area contributed by atoms with E-state index in [2.05, 4.69) is 13.0 Å². The Morgan fingerprint density at radius 3 is 2.62 bits per heavy atom. The molecule has 2 aromatic rings. The van der Waals surface area contributed by atoms with Crippen molar-refractivity contribution in [1.82, 2.24) is 0 Å². The summed E-state index contributed by atoms with van der Waals surface area (Å²) in [5.74, 6) is 0.340. The molecular weight excluding hydrogens is 265 g/mol. The third-order valence-electron chi connectivity index (χ3n) is 4.61. The lowest BCUT2D eigenvalue weighted by atomic mass is 9.69. The van der Waals surface area contributed by atoms with Gasteiger partial charge in [-0.25, -0.2) is 4.39 Å². The van der Waals surface area contributed by atoms with E-state index in [1.807, 2.05) is 18.2 Å². The predicted octanol–water partition coefficient (Wildman–Crippen LogP) is 3.93. The number of nitrogens with two attached hydrogens (primary N) is 1. The lowest BCUT2D eigenvalue weighted by Gasteiger charge is -2.39. The van der Waals surface area contributed by atoms with Gasteiger partial charge in [-0.15, -0.1) is 0 Å². The number of hydrogen-bond donors (Lipinski definition) is 1. The van der Waals surface area contributed by atoms with Crippen LogP contribution in [0.3, 0.4) is 0 Å². The first kappa shape index (κ1) is 14.1. The Bertz CT molecular complexity index is 670. The van der Waals surface area contributed by atoms with Crippen molar-refractivity contribution in [2.75, 3.05) is 7.11 Å². The van der Waals surface area contributed by atoms with E-state index in [4.69, 9.17) is 10.5 Å². The zero-order chi connectivity index (χ0) is 15.0. The van der Waals surface area contributed by atoms with Crippen LogP contribution < -0.4 is 10.5 Å². The largest absolute Gasteiger partial charge is 0.494 e. The van der Waals surface area contributed by atoms with Crippen molar-refractivity contribution >= 4 is 0 Å². The summed E-state index contributed by atoms with van der Waals surface area (Å²) in [6.45, 7) is 2.19. The summed E-state index contributed by atoms with van der Waals surface area (Å²) in [5, 5.41) is 0. The minimum absolute atomic E-state index is 0.244. The van der Waals surface area contributed by atoms with E-state index < -0.39 is 5.54 Å². The van der Waals surface area contributed by atoms with Crippen LogP contribution in [0, 0.1) is 5.82 Å². The maximum atomic E-state index is 14.7. The predicted molar refractivity (Wildman–Crippen MR) is 82.0 cm³/mol. The van der Waals surface area contributed by atoms with Crippen molar-refractivity contribution in [2.45, 2.75) is 31.2 Å². The second-order valence-electron chi connectivity index (χ2n) is 5.82. The number of fused-ring (bicyclic) bond motifs is 1. The van der Waals surface area contributed by atoms with Crippen LogP contribution in [0.25, 0.3) is 0 Å². The Morgan fingerprint density at radius 1 is 1.14 bits per heavy atom. The maximum absolute atomic E-state index is 14.7. The Morgan fingerprint density at radius 2 is 1.86 bits per heavy atom. The molecule has 0 fully saturated rings. The molecule has 0 aliphatic heterocycles. The molecule has 3 heteroatoms. The van der Waals surface area contributed by atoms with Gasteiger partial charge in [-0.05, 0) is 36.0 Å². The van der Waals surface area contributed by atoms with Gasteiger partial charge in [0.2, 0.25) is 0 Å². The highest BCUT2D eigenvalue weighted by Gasteiger charge is 2.39. The van der Waals surface area contributed by atoms with Gasteiger partial charge < -0.3 is 10.5 Å². The van der Waals surface area contributed by atoms with Gasteiger partial charge in [-0.3, -0.25) is 0 Å². The minimum Gasteiger partial charge on any atom is -0.494 e. The molecule has 0 heterocycles. The van der Waals surface area contributed by atoms with Crippen LogP contribution in [-0.2, 0) is 5.54 Å². The Labute approximate surface area is 124 Å². The number of hydrogen-bond acceptors (Lipinski definition) is 2. The van der Waals surface area contributed by atoms with Gasteiger partial charge in [0.05, 0.1) is 12.6 Å². The lowest BCUT2D eigenvalue weighted by Crippen LogP contribution is -2.42. The van der Waals surface area contributed by atoms with E-state index in [0.717, 1.165) is 18.4 Å². The number of ether oxygens (including phenoxy) is 1. The highest BCUT2D eigenvalue weighted by Crippen LogP contribution is 2.44. The molecule has 0 bridgehead atoms. The molecule has 0 amide bonds. The minimum atomic E-state index is -0.790. The molecule has 21 heavy (non-hydrogen) atoms. The van der Waals surface area contributed by atoms with Crippen LogP contribution >= 0.6 is 0 Å². The molecule has 110 valence electrons. The number of methoxy groups -OCH3 is 1. The molecule has 2 unspecified atom stereocenters. The van der Waals surface area contributed by atoms with Gasteiger partial charge in [0, 0.05) is 5.56 Å². The average molecular weight is 285 g/mol. The molecule has 3 rings (SSSR count). The molecule has 0 spiro atoms. The van der Waals surface area contributed by atoms with Crippen molar-refractivity contribution in [3.63, 3.8) is 0 Å². The van der Waals surface area contributed by atoms with Crippen LogP contribution in [0.15, 0.2) is 42.5 Å². The zero-order valence-electron chi connectivity index (χ0n) is 12.4. The molecule has 0 saturated carbocycles. The zero-order valence-corrected chi connectivity index (χ0v) is 12.4. The van der Waals surface area contributed by atoms with Crippen molar-refractivity contribution in [1.29, 1.82) is 0 Å². The van der Waals surface area contributed by atoms with E-state index in [0.29, 0.717) is 11.5 Å². The Balaban J connectivity index is 2.21. The monoisotopic (exact) mass is 285 g/mol. The standard InChI is InChI=1S/C18H20FNO/c1-12-10-11-18(20,14-7-4-3-6-13(12)14)15-8-5-9-16(21-2)17(15)19/h3-9,12H,10-11,20H2,1-2H3. The normalized spacial score (nSPS) is 24.5. The molecule has 2 nitrogen and oxygen atoms in total. The van der Waals surface area contributed by atoms with E-state index in [-0.39, 0.29) is 11.6 Å². The quantitative estimate of drug-likeness (QED) is 0.907. The lowest BCUT2D eigenvalue weighted by molar-refractivity contribution is 0.362. The fourth-order valence-electron chi connectivity index (χ4n) is 3.36. The molecule has 0 saturated heterocycles. The molecule has 0 radical (unpaired) electrons. The summed E-state index contributed by atoms with van der Waals surface area (Å²) in [4.78, 5) is 0. The summed E-state index contributed by atoms with van der Waals surface area (Å²) in [7, 11) is 1.47. The van der Waals surface area contributed by atoms with Crippen molar-refractivity contribution in [2.24, 2.45) is 5.73 Å². The molecular formula is C18H20FNO. The number of rotatable bonds is 2. The summed E-state index contributed by atoms with van der Waals surface area (Å²) in [5.41, 5.74) is 8.65. The molecule has 1 aliphatic rings. The molecule has 2 N–H and O–H groups in total. The van der Waals surface area contributed by atoms with E-state index in [1.54, 1.807) is 18.2 Å². The number of benzene rings is 2. The smallest absolute Gasteiger partial charge is 0.170 e. The highest BCUT2D eigenvalue weighted by molar-refractivity contribution is 5.48. The highest BCUT2D eigenvalue weighted by atomic mass is 19.1. The maximum Gasteiger partial charge on any atom is 0.170 e. The summed E-state index contributed by atoms with van der Waals surface area (Å²) in [6, 6.07) is 13.3. The van der Waals surface area contributed by atoms with Gasteiger partial charge >= 0.3 is 0 Å². The van der Waals surface area contributed by atoms with Crippen LogP contribution in [0.4, 0.5) is 4.39 Å². The van der Waals surface area contributed by atoms with E-state index in [9.17, 15) is 4.39 Å². The first-order chi connectivity index (χ1) is 10.1. The summed E-state index contributed by atoms with van der Waals surface area (Å²) < 4.78 is 19.8. The second kappa shape index (κ2) is 5.15. The fraction of sp³-hybridized carbons (Fsp3) is 0.333. The number of halogens is 1. The van der Waals surface area contributed by atoms with Crippen LogP contribution in [-0.4, -0.2) is 7.11 Å². The van der Waals surface area contributed by atoms with Crippen LogP contribution in [0.1, 0.15) is 42.4 Å². The second-order valence-corrected chi connectivity index (χ2v) is 5.82. The van der Waals surface area contributed by atoms with Crippen molar-refractivity contribution < 1.29 is 9.13 Å². The Hall–Kier alpha value is -1.87.